The van der Waals surface area contributed by atoms with E-state index >= 15 is 0 Å². The van der Waals surface area contributed by atoms with E-state index < -0.39 is 17.8 Å². The van der Waals surface area contributed by atoms with Crippen LogP contribution in [0.25, 0.3) is 6.08 Å². The van der Waals surface area contributed by atoms with Crippen LogP contribution in [-0.4, -0.2) is 36.5 Å². The Labute approximate surface area is 249 Å². The number of benzene rings is 3. The van der Waals surface area contributed by atoms with E-state index in [9.17, 15) is 14.4 Å². The largest absolute Gasteiger partial charge is 0.493 e. The van der Waals surface area contributed by atoms with Crippen molar-refractivity contribution in [2.45, 2.75) is 26.5 Å². The van der Waals surface area contributed by atoms with Crippen LogP contribution in [0.15, 0.2) is 64.6 Å². The highest BCUT2D eigenvalue weighted by molar-refractivity contribution is 9.10. The first-order valence-corrected chi connectivity index (χ1v) is 13.8. The Morgan fingerprint density at radius 3 is 2.25 bits per heavy atom. The van der Waals surface area contributed by atoms with Gasteiger partial charge in [-0.2, -0.15) is 0 Å². The van der Waals surface area contributed by atoms with Crippen molar-refractivity contribution in [2.75, 3.05) is 13.7 Å². The Morgan fingerprint density at radius 2 is 1.60 bits per heavy atom. The molecule has 1 heterocycles. The summed E-state index contributed by atoms with van der Waals surface area (Å²) in [4.78, 5) is 39.4. The van der Waals surface area contributed by atoms with Crippen LogP contribution in [-0.2, 0) is 22.7 Å². The number of rotatable bonds is 10. The number of urea groups is 1. The summed E-state index contributed by atoms with van der Waals surface area (Å²) in [5, 5.41) is 2.61. The van der Waals surface area contributed by atoms with E-state index in [-0.39, 0.29) is 34.5 Å². The molecular formula is C29H25BrCl2N2O6. The van der Waals surface area contributed by atoms with E-state index in [1.54, 1.807) is 18.2 Å². The van der Waals surface area contributed by atoms with Crippen molar-refractivity contribution in [1.29, 1.82) is 0 Å². The fraction of sp³-hybridized carbons (Fsp3) is 0.207. The zero-order valence-corrected chi connectivity index (χ0v) is 24.7. The van der Waals surface area contributed by atoms with E-state index in [4.69, 9.17) is 37.4 Å². The maximum atomic E-state index is 13.3. The van der Waals surface area contributed by atoms with Gasteiger partial charge in [0.1, 0.15) is 12.2 Å². The molecule has 0 spiro atoms. The smallest absolute Gasteiger partial charge is 0.331 e. The summed E-state index contributed by atoms with van der Waals surface area (Å²) in [6.07, 6.45) is 2.16. The van der Waals surface area contributed by atoms with Gasteiger partial charge in [0.15, 0.2) is 17.2 Å². The number of nitrogens with one attached hydrogen (secondary N) is 1. The molecule has 3 aromatic carbocycles. The molecular weight excluding hydrogens is 623 g/mol. The highest BCUT2D eigenvalue weighted by atomic mass is 79.9. The molecule has 3 aromatic rings. The number of hydrogen-bond acceptors (Lipinski definition) is 6. The minimum Gasteiger partial charge on any atom is -0.493 e. The Bertz CT molecular complexity index is 1450. The number of amides is 4. The van der Waals surface area contributed by atoms with E-state index in [1.165, 1.54) is 25.3 Å². The van der Waals surface area contributed by atoms with Gasteiger partial charge in [0, 0.05) is 4.47 Å². The molecule has 1 fully saturated rings. The van der Waals surface area contributed by atoms with Crippen LogP contribution in [0.4, 0.5) is 4.79 Å². The number of barbiturate groups is 1. The number of hydrogen-bond donors (Lipinski definition) is 1. The molecule has 0 atom stereocenters. The minimum absolute atomic E-state index is 0.0932. The molecule has 1 aliphatic rings. The molecule has 8 nitrogen and oxygen atoms in total. The molecule has 40 heavy (non-hydrogen) atoms. The summed E-state index contributed by atoms with van der Waals surface area (Å²) >= 11 is 16.2. The van der Waals surface area contributed by atoms with Crippen LogP contribution in [0.3, 0.4) is 0 Å². The number of ether oxygens (including phenoxy) is 3. The van der Waals surface area contributed by atoms with Crippen LogP contribution in [0, 0.1) is 0 Å². The lowest BCUT2D eigenvalue weighted by atomic mass is 10.1. The third-order valence-electron chi connectivity index (χ3n) is 5.84. The molecule has 4 amide bonds. The highest BCUT2D eigenvalue weighted by Crippen LogP contribution is 2.36. The molecule has 4 rings (SSSR count). The van der Waals surface area contributed by atoms with Crippen LogP contribution in [0.2, 0.25) is 10.0 Å². The second kappa shape index (κ2) is 13.2. The second-order valence-corrected chi connectivity index (χ2v) is 10.5. The summed E-state index contributed by atoms with van der Waals surface area (Å²) in [6, 6.07) is 14.9. The quantitative estimate of drug-likeness (QED) is 0.192. The predicted molar refractivity (Wildman–Crippen MR) is 156 cm³/mol. The fourth-order valence-electron chi connectivity index (χ4n) is 3.87. The minimum atomic E-state index is -0.829. The summed E-state index contributed by atoms with van der Waals surface area (Å²) in [6.45, 7) is 2.65. The standard InChI is InChI=1S/C29H25BrCl2N2O6/c1-3-10-39-24-9-6-18(14-25(24)38-2)15-34-28(36)21(27(35)33-29(34)37)11-19-12-22(31)26(23(32)13-19)40-16-17-4-7-20(30)8-5-17/h4-9,11-14H,3,10,15-16H2,1-2H3,(H,33,35,37)/b21-11+. The second-order valence-electron chi connectivity index (χ2n) is 8.77. The molecule has 208 valence electrons. The Kier molecular flexibility index (Phi) is 9.73. The summed E-state index contributed by atoms with van der Waals surface area (Å²) in [5.41, 5.74) is 1.66. The van der Waals surface area contributed by atoms with E-state index in [1.807, 2.05) is 31.2 Å². The van der Waals surface area contributed by atoms with Crippen LogP contribution < -0.4 is 19.5 Å². The first-order chi connectivity index (χ1) is 19.2. The molecule has 0 saturated carbocycles. The van der Waals surface area contributed by atoms with E-state index in [2.05, 4.69) is 21.2 Å². The number of nitrogens with zero attached hydrogens (tertiary/aromatic N) is 1. The zero-order valence-electron chi connectivity index (χ0n) is 21.6. The summed E-state index contributed by atoms with van der Waals surface area (Å²) < 4.78 is 17.8. The maximum absolute atomic E-state index is 13.3. The van der Waals surface area contributed by atoms with E-state index in [0.717, 1.165) is 21.4 Å². The number of imide groups is 2. The molecule has 0 aromatic heterocycles. The Hall–Kier alpha value is -3.53. The van der Waals surface area contributed by atoms with Crippen molar-refractivity contribution in [1.82, 2.24) is 10.2 Å². The van der Waals surface area contributed by atoms with Crippen molar-refractivity contribution in [3.05, 3.63) is 91.4 Å². The van der Waals surface area contributed by atoms with Gasteiger partial charge in [-0.05, 0) is 65.6 Å². The van der Waals surface area contributed by atoms with Gasteiger partial charge in [-0.3, -0.25) is 19.8 Å². The molecule has 0 unspecified atom stereocenters. The van der Waals surface area contributed by atoms with Gasteiger partial charge >= 0.3 is 6.03 Å². The van der Waals surface area contributed by atoms with Crippen LogP contribution in [0.5, 0.6) is 17.2 Å². The Morgan fingerprint density at radius 1 is 0.925 bits per heavy atom. The SMILES string of the molecule is CCCOc1ccc(CN2C(=O)NC(=O)/C(=C\c3cc(Cl)c(OCc4ccc(Br)cc4)c(Cl)c3)C2=O)cc1OC. The lowest BCUT2D eigenvalue weighted by Crippen LogP contribution is -2.53. The maximum Gasteiger partial charge on any atom is 0.331 e. The summed E-state index contributed by atoms with van der Waals surface area (Å²) in [7, 11) is 1.50. The molecule has 1 N–H and O–H groups in total. The summed E-state index contributed by atoms with van der Waals surface area (Å²) in [5.74, 6) is -0.299. The molecule has 0 bridgehead atoms. The average molecular weight is 648 g/mol. The lowest BCUT2D eigenvalue weighted by molar-refractivity contribution is -0.130. The molecule has 0 aliphatic carbocycles. The number of halogens is 3. The first kappa shape index (κ1) is 29.5. The number of carbonyl (C=O) groups is 3. The number of carbonyl (C=O) groups excluding carboxylic acids is 3. The van der Waals surface area contributed by atoms with Gasteiger partial charge in [-0.25, -0.2) is 4.79 Å². The van der Waals surface area contributed by atoms with Gasteiger partial charge in [0.2, 0.25) is 0 Å². The monoisotopic (exact) mass is 646 g/mol. The van der Waals surface area contributed by atoms with Crippen LogP contribution >= 0.6 is 39.1 Å². The van der Waals surface area contributed by atoms with E-state index in [0.29, 0.717) is 29.2 Å². The van der Waals surface area contributed by atoms with Crippen molar-refractivity contribution >= 4 is 63.1 Å². The highest BCUT2D eigenvalue weighted by Gasteiger charge is 2.36. The third-order valence-corrected chi connectivity index (χ3v) is 6.93. The molecule has 11 heteroatoms. The van der Waals surface area contributed by atoms with Crippen molar-refractivity contribution < 1.29 is 28.6 Å². The third kappa shape index (κ3) is 6.96. The average Bonchev–Trinajstić information content (AvgIpc) is 2.93. The van der Waals surface area contributed by atoms with Crippen LogP contribution in [0.1, 0.15) is 30.0 Å². The molecule has 1 aliphatic heterocycles. The van der Waals surface area contributed by atoms with Crippen molar-refractivity contribution in [3.63, 3.8) is 0 Å². The molecule has 0 radical (unpaired) electrons. The van der Waals surface area contributed by atoms with Gasteiger partial charge in [0.05, 0.1) is 30.3 Å². The fourth-order valence-corrected chi connectivity index (χ4v) is 4.74. The predicted octanol–water partition coefficient (Wildman–Crippen LogP) is 6.79. The topological polar surface area (TPSA) is 94.2 Å². The van der Waals surface area contributed by atoms with Gasteiger partial charge in [-0.15, -0.1) is 0 Å². The molecule has 1 saturated heterocycles. The lowest BCUT2D eigenvalue weighted by Gasteiger charge is -2.26. The zero-order chi connectivity index (χ0) is 28.8. The Balaban J connectivity index is 1.53. The number of methoxy groups -OCH3 is 1. The van der Waals surface area contributed by atoms with Crippen molar-refractivity contribution in [3.8, 4) is 17.2 Å². The van der Waals surface area contributed by atoms with Gasteiger partial charge in [-0.1, -0.05) is 64.3 Å². The first-order valence-electron chi connectivity index (χ1n) is 12.2. The van der Waals surface area contributed by atoms with Gasteiger partial charge in [0.25, 0.3) is 11.8 Å². The van der Waals surface area contributed by atoms with Gasteiger partial charge < -0.3 is 14.2 Å². The van der Waals surface area contributed by atoms with Crippen molar-refractivity contribution in [2.24, 2.45) is 0 Å². The normalized spacial score (nSPS) is 14.4.